The van der Waals surface area contributed by atoms with Crippen molar-refractivity contribution in [1.29, 1.82) is 0 Å². The van der Waals surface area contributed by atoms with Gasteiger partial charge in [0.25, 0.3) is 12.4 Å². The second-order valence-electron chi connectivity index (χ2n) is 6.80. The van der Waals surface area contributed by atoms with Crippen molar-refractivity contribution in [2.45, 2.75) is 41.2 Å². The molecule has 136 valence electrons. The number of aliphatic carboxylic acids is 1. The van der Waals surface area contributed by atoms with E-state index < -0.39 is 45.6 Å². The number of fused-ring (bicyclic) bond motifs is 3. The Balaban J connectivity index is 1.50. The molecule has 2 amide bonds. The van der Waals surface area contributed by atoms with E-state index in [4.69, 9.17) is 4.74 Å². The lowest BCUT2D eigenvalue weighted by molar-refractivity contribution is -0.164. The maximum absolute atomic E-state index is 12.6. The molecule has 5 atom stereocenters. The molecule has 0 radical (unpaired) electrons. The van der Waals surface area contributed by atoms with Crippen LogP contribution in [-0.2, 0) is 23.9 Å². The van der Waals surface area contributed by atoms with E-state index in [9.17, 15) is 24.3 Å². The summed E-state index contributed by atoms with van der Waals surface area (Å²) in [6.07, 6.45) is -0.760. The number of carboxylic acid groups (broad SMARTS) is 1. The Hall–Kier alpha value is -2.55. The molecule has 1 unspecified atom stereocenters. The van der Waals surface area contributed by atoms with E-state index in [1.807, 2.05) is 6.92 Å². The van der Waals surface area contributed by atoms with E-state index in [-0.39, 0.29) is 6.47 Å². The molecule has 0 bridgehead atoms. The van der Waals surface area contributed by atoms with E-state index in [2.05, 4.69) is 5.32 Å². The second kappa shape index (κ2) is 5.47. The van der Waals surface area contributed by atoms with Crippen LogP contribution in [0.15, 0.2) is 30.3 Å². The molecular weight excluding hydrogens is 360 g/mol. The van der Waals surface area contributed by atoms with E-state index in [0.29, 0.717) is 12.0 Å². The van der Waals surface area contributed by atoms with E-state index >= 15 is 0 Å². The van der Waals surface area contributed by atoms with Gasteiger partial charge < -0.3 is 20.1 Å². The van der Waals surface area contributed by atoms with Crippen LogP contribution in [0.3, 0.4) is 0 Å². The zero-order chi connectivity index (χ0) is 18.7. The van der Waals surface area contributed by atoms with Crippen LogP contribution in [0.25, 0.3) is 0 Å². The van der Waals surface area contributed by atoms with Crippen molar-refractivity contribution in [3.63, 3.8) is 0 Å². The van der Waals surface area contributed by atoms with E-state index in [1.165, 1.54) is 16.7 Å². The average Bonchev–Trinajstić information content (AvgIpc) is 3.16. The lowest BCUT2D eigenvalue weighted by atomic mass is 10.00. The van der Waals surface area contributed by atoms with Crippen molar-refractivity contribution in [2.75, 3.05) is 0 Å². The number of carbonyl (C=O) groups excluding carboxylic acids is 3. The fraction of sp³-hybridized carbons (Fsp3) is 0.412. The highest BCUT2D eigenvalue weighted by atomic mass is 32.2. The lowest BCUT2D eigenvalue weighted by Gasteiger charge is -2.46. The SMILES string of the molecule is C[C@@]12C[C@]1(C(=O)O)N1C(=O)[C@@H](NC(=O)C(OC=O)c3ccccc3)[C@H]1S2. The summed E-state index contributed by atoms with van der Waals surface area (Å²) < 4.78 is 4.36. The fourth-order valence-electron chi connectivity index (χ4n) is 3.92. The number of nitrogens with one attached hydrogen (secondary N) is 1. The summed E-state index contributed by atoms with van der Waals surface area (Å²) in [6.45, 7) is 2.00. The predicted octanol–water partition coefficient (Wildman–Crippen LogP) is 0.286. The number of carboxylic acids is 1. The van der Waals surface area contributed by atoms with Gasteiger partial charge in [0.15, 0.2) is 5.54 Å². The molecule has 26 heavy (non-hydrogen) atoms. The molecule has 2 N–H and O–H groups in total. The van der Waals surface area contributed by atoms with Gasteiger partial charge in [-0.3, -0.25) is 14.4 Å². The summed E-state index contributed by atoms with van der Waals surface area (Å²) in [5.41, 5.74) is -0.685. The first-order valence-electron chi connectivity index (χ1n) is 8.04. The number of nitrogens with zero attached hydrogens (tertiary/aromatic N) is 1. The Morgan fingerprint density at radius 1 is 1.42 bits per heavy atom. The molecular formula is C17H16N2O6S. The van der Waals surface area contributed by atoms with Crippen LogP contribution in [0.1, 0.15) is 25.0 Å². The molecule has 9 heteroatoms. The van der Waals surface area contributed by atoms with Crippen LogP contribution in [0.2, 0.25) is 0 Å². The predicted molar refractivity (Wildman–Crippen MR) is 89.9 cm³/mol. The molecule has 2 heterocycles. The number of rotatable bonds is 6. The fourth-order valence-corrected chi connectivity index (χ4v) is 5.84. The number of benzene rings is 1. The zero-order valence-electron chi connectivity index (χ0n) is 13.7. The van der Waals surface area contributed by atoms with Gasteiger partial charge in [0, 0.05) is 12.0 Å². The maximum Gasteiger partial charge on any atom is 0.331 e. The first kappa shape index (κ1) is 16.9. The highest BCUT2D eigenvalue weighted by Gasteiger charge is 2.85. The summed E-state index contributed by atoms with van der Waals surface area (Å²) in [5.74, 6) is -2.05. The van der Waals surface area contributed by atoms with Crippen LogP contribution in [0.4, 0.5) is 0 Å². The molecule has 0 aromatic heterocycles. The Bertz CT molecular complexity index is 817. The number of amides is 2. The van der Waals surface area contributed by atoms with Gasteiger partial charge in [-0.15, -0.1) is 11.8 Å². The topological polar surface area (TPSA) is 113 Å². The standard InChI is InChI=1S/C17H16N2O6S/c1-16-7-17(16,15(23)24)19-13(22)10(14(19)26-16)18-12(21)11(25-8-20)9-5-3-2-4-6-9/h2-6,8,10-11,14H,7H2,1H3,(H,18,21)(H,23,24)/t10-,11?,14-,16-,17-/m1/s1. The normalized spacial score (nSPS) is 34.8. The lowest BCUT2D eigenvalue weighted by Crippen LogP contribution is -2.72. The second-order valence-corrected chi connectivity index (χ2v) is 8.42. The van der Waals surface area contributed by atoms with Crippen LogP contribution in [0.5, 0.6) is 0 Å². The van der Waals surface area contributed by atoms with Gasteiger partial charge in [-0.1, -0.05) is 30.3 Å². The summed E-state index contributed by atoms with van der Waals surface area (Å²) in [4.78, 5) is 48.9. The van der Waals surface area contributed by atoms with Gasteiger partial charge in [0.1, 0.15) is 11.4 Å². The van der Waals surface area contributed by atoms with Crippen molar-refractivity contribution in [3.05, 3.63) is 35.9 Å². The molecule has 3 aliphatic rings. The Morgan fingerprint density at radius 2 is 2.12 bits per heavy atom. The third-order valence-corrected chi connectivity index (χ3v) is 7.09. The van der Waals surface area contributed by atoms with Crippen molar-refractivity contribution in [1.82, 2.24) is 10.2 Å². The molecule has 1 saturated carbocycles. The first-order valence-corrected chi connectivity index (χ1v) is 8.92. The Labute approximate surface area is 152 Å². The molecule has 0 spiro atoms. The van der Waals surface area contributed by atoms with Crippen molar-refractivity contribution in [2.24, 2.45) is 0 Å². The highest BCUT2D eigenvalue weighted by Crippen LogP contribution is 2.71. The number of β-lactam (4-membered cyclic amide) rings is 1. The monoisotopic (exact) mass is 376 g/mol. The summed E-state index contributed by atoms with van der Waals surface area (Å²) in [6, 6.07) is 7.64. The smallest absolute Gasteiger partial charge is 0.331 e. The molecule has 3 fully saturated rings. The van der Waals surface area contributed by atoms with E-state index in [0.717, 1.165) is 0 Å². The Morgan fingerprint density at radius 3 is 2.73 bits per heavy atom. The maximum atomic E-state index is 12.6. The minimum Gasteiger partial charge on any atom is -0.479 e. The van der Waals surface area contributed by atoms with Crippen LogP contribution < -0.4 is 5.32 Å². The minimum atomic E-state index is -1.17. The highest BCUT2D eigenvalue weighted by molar-refractivity contribution is 8.02. The van der Waals surface area contributed by atoms with Crippen LogP contribution >= 0.6 is 11.8 Å². The average molecular weight is 376 g/mol. The molecule has 8 nitrogen and oxygen atoms in total. The zero-order valence-corrected chi connectivity index (χ0v) is 14.6. The van der Waals surface area contributed by atoms with Crippen molar-refractivity contribution in [3.8, 4) is 0 Å². The summed E-state index contributed by atoms with van der Waals surface area (Å²) in [5, 5.41) is 11.7. The van der Waals surface area contributed by atoms with Gasteiger partial charge >= 0.3 is 5.97 Å². The van der Waals surface area contributed by atoms with Gasteiger partial charge in [0.2, 0.25) is 12.0 Å². The molecule has 2 aliphatic heterocycles. The Kier molecular flexibility index (Phi) is 3.56. The van der Waals surface area contributed by atoms with Crippen molar-refractivity contribution >= 4 is 36.0 Å². The molecule has 2 saturated heterocycles. The van der Waals surface area contributed by atoms with Gasteiger partial charge in [-0.25, -0.2) is 4.79 Å². The largest absolute Gasteiger partial charge is 0.479 e. The van der Waals surface area contributed by atoms with Gasteiger partial charge in [0.05, 0.1) is 4.75 Å². The third kappa shape index (κ3) is 2.03. The molecule has 1 aliphatic carbocycles. The van der Waals surface area contributed by atoms with Gasteiger partial charge in [-0.05, 0) is 6.92 Å². The van der Waals surface area contributed by atoms with Crippen LogP contribution in [-0.4, -0.2) is 56.0 Å². The number of hydrogen-bond donors (Lipinski definition) is 2. The third-order valence-electron chi connectivity index (χ3n) is 5.36. The molecule has 1 aromatic rings. The quantitative estimate of drug-likeness (QED) is 0.542. The molecule has 4 rings (SSSR count). The number of carbonyl (C=O) groups is 4. The number of ether oxygens (including phenoxy) is 1. The summed E-state index contributed by atoms with van der Waals surface area (Å²) in [7, 11) is 0. The van der Waals surface area contributed by atoms with E-state index in [1.54, 1.807) is 30.3 Å². The first-order chi connectivity index (χ1) is 12.4. The minimum absolute atomic E-state index is 0.187. The van der Waals surface area contributed by atoms with Crippen molar-refractivity contribution < 1.29 is 29.0 Å². The van der Waals surface area contributed by atoms with Crippen LogP contribution in [0, 0.1) is 0 Å². The summed E-state index contributed by atoms with van der Waals surface area (Å²) >= 11 is 1.39. The molecule has 1 aromatic carbocycles. The number of hydrogen-bond acceptors (Lipinski definition) is 6. The number of thioether (sulfide) groups is 1. The van der Waals surface area contributed by atoms with Gasteiger partial charge in [-0.2, -0.15) is 0 Å².